The summed E-state index contributed by atoms with van der Waals surface area (Å²) in [5.74, 6) is -0.966. The molecule has 110 valence electrons. The minimum absolute atomic E-state index is 0.0707. The fourth-order valence-electron chi connectivity index (χ4n) is 4.71. The maximum atomic E-state index is 12.2. The standard InChI is InChI=1S/C17H24O3/c1-10-8-11-13(15(19)20-14(11)18)12(9-10)17(4)7-5-6-16(17,2)3/h9,11-13H,5-8H2,1-4H3/t11-,12+,13-,17+/m1/s1. The van der Waals surface area contributed by atoms with Gasteiger partial charge in [0, 0.05) is 0 Å². The van der Waals surface area contributed by atoms with Gasteiger partial charge in [-0.15, -0.1) is 0 Å². The van der Waals surface area contributed by atoms with Crippen molar-refractivity contribution in [2.45, 2.75) is 53.4 Å². The summed E-state index contributed by atoms with van der Waals surface area (Å²) in [4.78, 5) is 24.1. The quantitative estimate of drug-likeness (QED) is 0.418. The lowest BCUT2D eigenvalue weighted by atomic mass is 9.55. The van der Waals surface area contributed by atoms with E-state index < -0.39 is 0 Å². The molecule has 20 heavy (non-hydrogen) atoms. The molecule has 2 fully saturated rings. The third kappa shape index (κ3) is 1.71. The second-order valence-electron chi connectivity index (χ2n) is 7.77. The summed E-state index contributed by atoms with van der Waals surface area (Å²) in [6.07, 6.45) is 6.45. The van der Waals surface area contributed by atoms with E-state index in [-0.39, 0.29) is 40.5 Å². The Morgan fingerprint density at radius 2 is 1.85 bits per heavy atom. The Balaban J connectivity index is 2.05. The highest BCUT2D eigenvalue weighted by Gasteiger charge is 2.59. The minimum atomic E-state index is -0.308. The molecule has 0 aromatic carbocycles. The maximum Gasteiger partial charge on any atom is 0.318 e. The van der Waals surface area contributed by atoms with Gasteiger partial charge in [0.1, 0.15) is 0 Å². The molecular weight excluding hydrogens is 252 g/mol. The lowest BCUT2D eigenvalue weighted by molar-refractivity contribution is -0.154. The molecular formula is C17H24O3. The third-order valence-corrected chi connectivity index (χ3v) is 6.38. The minimum Gasteiger partial charge on any atom is -0.393 e. The van der Waals surface area contributed by atoms with Gasteiger partial charge in [-0.3, -0.25) is 9.59 Å². The van der Waals surface area contributed by atoms with Gasteiger partial charge in [0.15, 0.2) is 0 Å². The SMILES string of the molecule is CC1=C[C@H]([C@]2(C)CCCC2(C)C)[C@@H]2C(=O)OC(=O)[C@@H]2C1. The number of hydrogen-bond donors (Lipinski definition) is 0. The topological polar surface area (TPSA) is 43.4 Å². The number of ether oxygens (including phenoxy) is 1. The van der Waals surface area contributed by atoms with Gasteiger partial charge in [-0.2, -0.15) is 0 Å². The molecule has 0 unspecified atom stereocenters. The number of cyclic esters (lactones) is 2. The monoisotopic (exact) mass is 276 g/mol. The molecule has 0 amide bonds. The lowest BCUT2D eigenvalue weighted by Crippen LogP contribution is -2.44. The zero-order chi connectivity index (χ0) is 14.7. The Bertz CT molecular complexity index is 502. The van der Waals surface area contributed by atoms with E-state index >= 15 is 0 Å². The van der Waals surface area contributed by atoms with Gasteiger partial charge in [-0.05, 0) is 42.9 Å². The second kappa shape index (κ2) is 4.19. The second-order valence-corrected chi connectivity index (χ2v) is 7.77. The van der Waals surface area contributed by atoms with E-state index in [1.165, 1.54) is 18.4 Å². The molecule has 1 heterocycles. The Kier molecular flexibility index (Phi) is 2.90. The van der Waals surface area contributed by atoms with Crippen LogP contribution in [0.4, 0.5) is 0 Å². The molecule has 1 aliphatic heterocycles. The van der Waals surface area contributed by atoms with Crippen LogP contribution in [0.5, 0.6) is 0 Å². The molecule has 0 aromatic rings. The number of esters is 2. The van der Waals surface area contributed by atoms with Crippen molar-refractivity contribution < 1.29 is 14.3 Å². The maximum absolute atomic E-state index is 12.2. The highest BCUT2D eigenvalue weighted by atomic mass is 16.6. The number of hydrogen-bond acceptors (Lipinski definition) is 3. The van der Waals surface area contributed by atoms with Crippen molar-refractivity contribution in [1.29, 1.82) is 0 Å². The predicted molar refractivity (Wildman–Crippen MR) is 75.7 cm³/mol. The highest BCUT2D eigenvalue weighted by molar-refractivity contribution is 5.97. The molecule has 1 saturated carbocycles. The molecule has 3 heteroatoms. The summed E-state index contributed by atoms with van der Waals surface area (Å²) in [6, 6.07) is 0. The Labute approximate surface area is 120 Å². The predicted octanol–water partition coefficient (Wildman–Crippen LogP) is 3.48. The normalized spacial score (nSPS) is 43.2. The largest absolute Gasteiger partial charge is 0.393 e. The van der Waals surface area contributed by atoms with Crippen molar-refractivity contribution in [3.63, 3.8) is 0 Å². The summed E-state index contributed by atoms with van der Waals surface area (Å²) in [6.45, 7) is 8.97. The van der Waals surface area contributed by atoms with Gasteiger partial charge < -0.3 is 4.74 Å². The van der Waals surface area contributed by atoms with Gasteiger partial charge in [-0.25, -0.2) is 0 Å². The van der Waals surface area contributed by atoms with Crippen molar-refractivity contribution in [3.05, 3.63) is 11.6 Å². The van der Waals surface area contributed by atoms with Gasteiger partial charge in [0.25, 0.3) is 0 Å². The third-order valence-electron chi connectivity index (χ3n) is 6.38. The highest BCUT2D eigenvalue weighted by Crippen LogP contribution is 2.61. The lowest BCUT2D eigenvalue weighted by Gasteiger charge is -2.47. The average Bonchev–Trinajstić information content (AvgIpc) is 2.77. The number of fused-ring (bicyclic) bond motifs is 1. The van der Waals surface area contributed by atoms with E-state index in [1.807, 2.05) is 0 Å². The molecule has 0 spiro atoms. The number of rotatable bonds is 1. The van der Waals surface area contributed by atoms with Crippen LogP contribution in [0.25, 0.3) is 0 Å². The van der Waals surface area contributed by atoms with Crippen LogP contribution >= 0.6 is 0 Å². The Hall–Kier alpha value is -1.12. The zero-order valence-electron chi connectivity index (χ0n) is 12.9. The molecule has 0 radical (unpaired) electrons. The summed E-state index contributed by atoms with van der Waals surface area (Å²) >= 11 is 0. The molecule has 0 bridgehead atoms. The number of carbonyl (C=O) groups excluding carboxylic acids is 2. The van der Waals surface area contributed by atoms with Crippen LogP contribution in [-0.4, -0.2) is 11.9 Å². The summed E-state index contributed by atoms with van der Waals surface area (Å²) < 4.78 is 4.95. The Morgan fingerprint density at radius 1 is 1.15 bits per heavy atom. The van der Waals surface area contributed by atoms with Gasteiger partial charge in [0.2, 0.25) is 0 Å². The fraction of sp³-hybridized carbons (Fsp3) is 0.765. The van der Waals surface area contributed by atoms with Crippen LogP contribution in [0, 0.1) is 28.6 Å². The van der Waals surface area contributed by atoms with Crippen molar-refractivity contribution in [3.8, 4) is 0 Å². The zero-order valence-corrected chi connectivity index (χ0v) is 12.9. The summed E-state index contributed by atoms with van der Waals surface area (Å²) in [5.41, 5.74) is 1.50. The van der Waals surface area contributed by atoms with E-state index in [4.69, 9.17) is 4.74 Å². The summed E-state index contributed by atoms with van der Waals surface area (Å²) in [7, 11) is 0. The number of carbonyl (C=O) groups is 2. The average molecular weight is 276 g/mol. The van der Waals surface area contributed by atoms with Crippen LogP contribution < -0.4 is 0 Å². The van der Waals surface area contributed by atoms with Crippen molar-refractivity contribution in [2.24, 2.45) is 28.6 Å². The van der Waals surface area contributed by atoms with Crippen LogP contribution in [0.3, 0.4) is 0 Å². The fourth-order valence-corrected chi connectivity index (χ4v) is 4.71. The van der Waals surface area contributed by atoms with Crippen LogP contribution in [0.1, 0.15) is 53.4 Å². The van der Waals surface area contributed by atoms with Gasteiger partial charge in [-0.1, -0.05) is 38.8 Å². The number of allylic oxidation sites excluding steroid dienone is 2. The first-order valence-electron chi connectivity index (χ1n) is 7.69. The molecule has 3 nitrogen and oxygen atoms in total. The van der Waals surface area contributed by atoms with Crippen LogP contribution in [-0.2, 0) is 14.3 Å². The van der Waals surface area contributed by atoms with E-state index in [0.29, 0.717) is 6.42 Å². The molecule has 3 rings (SSSR count). The first-order valence-corrected chi connectivity index (χ1v) is 7.69. The summed E-state index contributed by atoms with van der Waals surface area (Å²) in [5, 5.41) is 0. The molecule has 1 saturated heterocycles. The van der Waals surface area contributed by atoms with Crippen molar-refractivity contribution in [1.82, 2.24) is 0 Å². The molecule has 0 aromatic heterocycles. The van der Waals surface area contributed by atoms with Gasteiger partial charge in [0.05, 0.1) is 11.8 Å². The molecule has 4 atom stereocenters. The van der Waals surface area contributed by atoms with E-state index in [9.17, 15) is 9.59 Å². The van der Waals surface area contributed by atoms with E-state index in [2.05, 4.69) is 33.8 Å². The van der Waals surface area contributed by atoms with E-state index in [0.717, 1.165) is 6.42 Å². The Morgan fingerprint density at radius 3 is 2.45 bits per heavy atom. The van der Waals surface area contributed by atoms with E-state index in [1.54, 1.807) is 0 Å². The van der Waals surface area contributed by atoms with Crippen LogP contribution in [0.2, 0.25) is 0 Å². The van der Waals surface area contributed by atoms with Crippen molar-refractivity contribution in [2.75, 3.05) is 0 Å². The first kappa shape index (κ1) is 13.8. The molecule has 3 aliphatic rings. The smallest absolute Gasteiger partial charge is 0.318 e. The first-order chi connectivity index (χ1) is 9.26. The molecule has 0 N–H and O–H groups in total. The van der Waals surface area contributed by atoms with Crippen LogP contribution in [0.15, 0.2) is 11.6 Å². The van der Waals surface area contributed by atoms with Crippen molar-refractivity contribution >= 4 is 11.9 Å². The molecule has 2 aliphatic carbocycles. The van der Waals surface area contributed by atoms with Gasteiger partial charge >= 0.3 is 11.9 Å².